The average molecular weight is 332 g/mol. The first-order valence-electron chi connectivity index (χ1n) is 6.01. The molecule has 1 amide bonds. The molecule has 3 rings (SSSR count). The summed E-state index contributed by atoms with van der Waals surface area (Å²) in [5.74, 6) is 1.38. The summed E-state index contributed by atoms with van der Waals surface area (Å²) in [6.07, 6.45) is 0.922. The molecule has 0 bridgehead atoms. The molecule has 0 spiro atoms. The van der Waals surface area contributed by atoms with Crippen molar-refractivity contribution in [3.8, 4) is 0 Å². The van der Waals surface area contributed by atoms with Crippen molar-refractivity contribution in [1.29, 1.82) is 0 Å². The van der Waals surface area contributed by atoms with Gasteiger partial charge in [-0.2, -0.15) is 11.8 Å². The quantitative estimate of drug-likeness (QED) is 0.792. The minimum atomic E-state index is -0.00194. The second-order valence-corrected chi connectivity index (χ2v) is 6.57. The molecule has 0 aliphatic carbocycles. The van der Waals surface area contributed by atoms with E-state index in [0.29, 0.717) is 15.7 Å². The molecule has 0 saturated carbocycles. The molecule has 18 heavy (non-hydrogen) atoms. The van der Waals surface area contributed by atoms with E-state index in [1.54, 1.807) is 12.1 Å². The third kappa shape index (κ3) is 2.33. The predicted molar refractivity (Wildman–Crippen MR) is 72.9 cm³/mol. The van der Waals surface area contributed by atoms with Gasteiger partial charge in [-0.15, -0.1) is 0 Å². The Labute approximate surface area is 118 Å². The number of ether oxygens (including phenoxy) is 1. The summed E-state index contributed by atoms with van der Waals surface area (Å²) in [6, 6.07) is 3.77. The van der Waals surface area contributed by atoms with E-state index in [4.69, 9.17) is 9.15 Å². The number of amides is 1. The lowest BCUT2D eigenvalue weighted by Gasteiger charge is -2.42. The molecule has 3 heterocycles. The van der Waals surface area contributed by atoms with Gasteiger partial charge in [0.15, 0.2) is 10.4 Å². The summed E-state index contributed by atoms with van der Waals surface area (Å²) in [6.45, 7) is 2.29. The highest BCUT2D eigenvalue weighted by molar-refractivity contribution is 9.10. The van der Waals surface area contributed by atoms with Crippen LogP contribution in [-0.4, -0.2) is 47.6 Å². The van der Waals surface area contributed by atoms with Gasteiger partial charge >= 0.3 is 0 Å². The van der Waals surface area contributed by atoms with E-state index in [9.17, 15) is 4.79 Å². The van der Waals surface area contributed by atoms with E-state index in [2.05, 4.69) is 15.9 Å². The zero-order valence-corrected chi connectivity index (χ0v) is 12.2. The van der Waals surface area contributed by atoms with Crippen LogP contribution in [-0.2, 0) is 4.74 Å². The lowest BCUT2D eigenvalue weighted by Crippen LogP contribution is -2.54. The molecular weight excluding hydrogens is 318 g/mol. The zero-order valence-electron chi connectivity index (χ0n) is 9.80. The third-order valence-electron chi connectivity index (χ3n) is 3.38. The van der Waals surface area contributed by atoms with Crippen LogP contribution in [0.3, 0.4) is 0 Å². The van der Waals surface area contributed by atoms with E-state index in [1.165, 1.54) is 0 Å². The summed E-state index contributed by atoms with van der Waals surface area (Å²) in [7, 11) is 0. The Morgan fingerprint density at radius 1 is 1.50 bits per heavy atom. The normalized spacial score (nSPS) is 27.9. The number of carbonyl (C=O) groups is 1. The lowest BCUT2D eigenvalue weighted by atomic mass is 10.1. The van der Waals surface area contributed by atoms with Crippen LogP contribution < -0.4 is 0 Å². The van der Waals surface area contributed by atoms with Gasteiger partial charge in [0.1, 0.15) is 0 Å². The Bertz CT molecular complexity index is 448. The molecule has 2 saturated heterocycles. The number of furan rings is 1. The Hall–Kier alpha value is -0.460. The van der Waals surface area contributed by atoms with Crippen LogP contribution in [0.2, 0.25) is 0 Å². The van der Waals surface area contributed by atoms with Gasteiger partial charge in [-0.05, 0) is 34.5 Å². The third-order valence-corrected chi connectivity index (χ3v) is 5.10. The monoisotopic (exact) mass is 331 g/mol. The predicted octanol–water partition coefficient (Wildman–Crippen LogP) is 2.39. The van der Waals surface area contributed by atoms with Crippen molar-refractivity contribution in [3.63, 3.8) is 0 Å². The molecule has 2 aliphatic heterocycles. The van der Waals surface area contributed by atoms with Crippen LogP contribution in [0.15, 0.2) is 21.2 Å². The summed E-state index contributed by atoms with van der Waals surface area (Å²) in [5, 5.41) is 0.412. The fourth-order valence-electron chi connectivity index (χ4n) is 2.51. The van der Waals surface area contributed by atoms with Crippen LogP contribution in [0, 0.1) is 0 Å². The first kappa shape index (κ1) is 12.6. The van der Waals surface area contributed by atoms with Gasteiger partial charge in [-0.25, -0.2) is 0 Å². The first-order chi connectivity index (χ1) is 8.75. The molecule has 2 fully saturated rings. The van der Waals surface area contributed by atoms with Crippen molar-refractivity contribution in [2.45, 2.75) is 17.7 Å². The van der Waals surface area contributed by atoms with Crippen LogP contribution in [0.1, 0.15) is 17.0 Å². The molecule has 4 nitrogen and oxygen atoms in total. The topological polar surface area (TPSA) is 42.7 Å². The number of hydrogen-bond acceptors (Lipinski definition) is 4. The van der Waals surface area contributed by atoms with Crippen LogP contribution in [0.25, 0.3) is 0 Å². The first-order valence-corrected chi connectivity index (χ1v) is 7.85. The zero-order chi connectivity index (χ0) is 12.5. The molecule has 0 unspecified atom stereocenters. The van der Waals surface area contributed by atoms with Crippen LogP contribution in [0.5, 0.6) is 0 Å². The van der Waals surface area contributed by atoms with Crippen LogP contribution in [0.4, 0.5) is 0 Å². The molecule has 1 aromatic heterocycles. The second-order valence-electron chi connectivity index (χ2n) is 4.44. The molecule has 2 aliphatic rings. The van der Waals surface area contributed by atoms with Gasteiger partial charge in [0.25, 0.3) is 5.91 Å². The molecule has 6 heteroatoms. The summed E-state index contributed by atoms with van der Waals surface area (Å²) in [4.78, 5) is 14.4. The molecule has 1 aromatic rings. The highest BCUT2D eigenvalue weighted by Gasteiger charge is 2.37. The maximum atomic E-state index is 12.4. The Morgan fingerprint density at radius 3 is 3.17 bits per heavy atom. The van der Waals surface area contributed by atoms with Gasteiger partial charge in [-0.1, -0.05) is 0 Å². The molecule has 98 valence electrons. The number of nitrogens with zero attached hydrogens (tertiary/aromatic N) is 1. The van der Waals surface area contributed by atoms with Gasteiger partial charge in [-0.3, -0.25) is 4.79 Å². The van der Waals surface area contributed by atoms with E-state index >= 15 is 0 Å². The maximum absolute atomic E-state index is 12.4. The maximum Gasteiger partial charge on any atom is 0.289 e. The van der Waals surface area contributed by atoms with Gasteiger partial charge < -0.3 is 14.1 Å². The largest absolute Gasteiger partial charge is 0.444 e. The van der Waals surface area contributed by atoms with Crippen molar-refractivity contribution in [1.82, 2.24) is 4.90 Å². The van der Waals surface area contributed by atoms with E-state index < -0.39 is 0 Å². The number of fused-ring (bicyclic) bond motifs is 1. The Kier molecular flexibility index (Phi) is 3.68. The number of halogens is 1. The van der Waals surface area contributed by atoms with E-state index in [0.717, 1.165) is 31.9 Å². The SMILES string of the molecule is O=C(c1ccc(Br)o1)N1CCS[C@H]2COCC[C@H]21. The molecule has 0 N–H and O–H groups in total. The van der Waals surface area contributed by atoms with E-state index in [-0.39, 0.29) is 11.9 Å². The number of carbonyl (C=O) groups excluding carboxylic acids is 1. The van der Waals surface area contributed by atoms with Crippen LogP contribution >= 0.6 is 27.7 Å². The van der Waals surface area contributed by atoms with Crippen molar-refractivity contribution in [3.05, 3.63) is 22.6 Å². The van der Waals surface area contributed by atoms with E-state index in [1.807, 2.05) is 16.7 Å². The number of rotatable bonds is 1. The Balaban J connectivity index is 1.79. The highest BCUT2D eigenvalue weighted by Crippen LogP contribution is 2.31. The average Bonchev–Trinajstić information content (AvgIpc) is 2.84. The molecular formula is C12H14BrNO3S. The molecule has 0 aromatic carbocycles. The Morgan fingerprint density at radius 2 is 2.39 bits per heavy atom. The lowest BCUT2D eigenvalue weighted by molar-refractivity contribution is 0.0300. The smallest absolute Gasteiger partial charge is 0.289 e. The van der Waals surface area contributed by atoms with Crippen molar-refractivity contribution in [2.75, 3.05) is 25.5 Å². The van der Waals surface area contributed by atoms with Gasteiger partial charge in [0.05, 0.1) is 6.61 Å². The summed E-state index contributed by atoms with van der Waals surface area (Å²) >= 11 is 5.14. The second kappa shape index (κ2) is 5.27. The molecule has 2 atom stereocenters. The molecule has 0 radical (unpaired) electrons. The van der Waals surface area contributed by atoms with Crippen molar-refractivity contribution < 1.29 is 13.9 Å². The highest BCUT2D eigenvalue weighted by atomic mass is 79.9. The summed E-state index contributed by atoms with van der Waals surface area (Å²) < 4.78 is 11.5. The minimum Gasteiger partial charge on any atom is -0.444 e. The van der Waals surface area contributed by atoms with Gasteiger partial charge in [0, 0.05) is 30.2 Å². The number of hydrogen-bond donors (Lipinski definition) is 0. The number of thioether (sulfide) groups is 1. The fraction of sp³-hybridized carbons (Fsp3) is 0.583. The van der Waals surface area contributed by atoms with Crippen molar-refractivity contribution in [2.24, 2.45) is 0 Å². The van der Waals surface area contributed by atoms with Gasteiger partial charge in [0.2, 0.25) is 0 Å². The minimum absolute atomic E-state index is 0.00194. The van der Waals surface area contributed by atoms with Crippen molar-refractivity contribution >= 4 is 33.6 Å². The standard InChI is InChI=1S/C12H14BrNO3S/c13-11-2-1-9(17-11)12(15)14-4-6-18-10-7-16-5-3-8(10)14/h1-2,8,10H,3-7H2/t8-,10+/m1/s1. The fourth-order valence-corrected chi connectivity index (χ4v) is 4.12. The summed E-state index contributed by atoms with van der Waals surface area (Å²) in [5.41, 5.74) is 0.